The standard InChI is InChI=1S/C29H28ClF3N2O4/c1-34-15-5-6-16-35(27(36)21-9-12-24(13-10-21)39-29(31,32)33)23(17-20-7-3-2-4-8-20)19-38-26-14-11-22(30)18-25(26)28(34)37/h2-4,7-14,18,23H,5-6,15-17,19H2,1H3/t23-/m1/s1. The van der Waals surface area contributed by atoms with Gasteiger partial charge in [-0.3, -0.25) is 9.59 Å². The zero-order valence-corrected chi connectivity index (χ0v) is 22.0. The number of alkyl halides is 3. The maximum absolute atomic E-state index is 13.7. The van der Waals surface area contributed by atoms with Gasteiger partial charge in [0.25, 0.3) is 11.8 Å². The van der Waals surface area contributed by atoms with Crippen LogP contribution in [0, 0.1) is 0 Å². The molecule has 0 N–H and O–H groups in total. The summed E-state index contributed by atoms with van der Waals surface area (Å²) in [6, 6.07) is 18.9. The summed E-state index contributed by atoms with van der Waals surface area (Å²) in [6.45, 7) is 0.914. The number of hydrogen-bond acceptors (Lipinski definition) is 4. The molecule has 3 aromatic rings. The number of fused-ring (bicyclic) bond motifs is 1. The molecule has 6 nitrogen and oxygen atoms in total. The monoisotopic (exact) mass is 560 g/mol. The normalized spacial score (nSPS) is 16.9. The van der Waals surface area contributed by atoms with E-state index in [0.29, 0.717) is 48.7 Å². The molecule has 0 aromatic heterocycles. The number of hydrogen-bond donors (Lipinski definition) is 0. The van der Waals surface area contributed by atoms with E-state index >= 15 is 0 Å². The highest BCUT2D eigenvalue weighted by Crippen LogP contribution is 2.27. The quantitative estimate of drug-likeness (QED) is 0.379. The van der Waals surface area contributed by atoms with Crippen molar-refractivity contribution in [3.8, 4) is 11.5 Å². The summed E-state index contributed by atoms with van der Waals surface area (Å²) >= 11 is 6.18. The van der Waals surface area contributed by atoms with Gasteiger partial charge in [-0.2, -0.15) is 0 Å². The molecule has 0 aliphatic carbocycles. The zero-order chi connectivity index (χ0) is 28.0. The first kappa shape index (κ1) is 28.3. The van der Waals surface area contributed by atoms with Gasteiger partial charge < -0.3 is 19.3 Å². The molecule has 206 valence electrons. The van der Waals surface area contributed by atoms with Crippen LogP contribution in [0.25, 0.3) is 0 Å². The van der Waals surface area contributed by atoms with Crippen LogP contribution in [-0.4, -0.2) is 60.8 Å². The molecule has 3 aromatic carbocycles. The molecule has 0 saturated heterocycles. The number of carbonyl (C=O) groups excluding carboxylic acids is 2. The molecule has 0 bridgehead atoms. The van der Waals surface area contributed by atoms with E-state index in [1.807, 2.05) is 30.3 Å². The number of rotatable bonds is 4. The molecule has 1 aliphatic rings. The number of nitrogens with zero attached hydrogens (tertiary/aromatic N) is 2. The largest absolute Gasteiger partial charge is 0.573 e. The molecule has 1 atom stereocenters. The van der Waals surface area contributed by atoms with Crippen LogP contribution in [0.15, 0.2) is 72.8 Å². The lowest BCUT2D eigenvalue weighted by Crippen LogP contribution is -2.46. The van der Waals surface area contributed by atoms with Gasteiger partial charge in [-0.15, -0.1) is 13.2 Å². The molecule has 0 radical (unpaired) electrons. The van der Waals surface area contributed by atoms with Gasteiger partial charge in [0.2, 0.25) is 0 Å². The van der Waals surface area contributed by atoms with E-state index in [1.165, 1.54) is 12.1 Å². The van der Waals surface area contributed by atoms with Crippen molar-refractivity contribution < 1.29 is 32.2 Å². The van der Waals surface area contributed by atoms with Crippen LogP contribution in [0.5, 0.6) is 11.5 Å². The Morgan fingerprint density at radius 1 is 1.03 bits per heavy atom. The third-order valence-corrected chi connectivity index (χ3v) is 6.68. The van der Waals surface area contributed by atoms with Gasteiger partial charge in [0, 0.05) is 30.7 Å². The van der Waals surface area contributed by atoms with Crippen LogP contribution in [0.4, 0.5) is 13.2 Å². The van der Waals surface area contributed by atoms with E-state index < -0.39 is 18.2 Å². The van der Waals surface area contributed by atoms with E-state index in [4.69, 9.17) is 16.3 Å². The van der Waals surface area contributed by atoms with E-state index in [0.717, 1.165) is 17.7 Å². The van der Waals surface area contributed by atoms with Gasteiger partial charge in [-0.25, -0.2) is 0 Å². The molecule has 2 amide bonds. The molecule has 4 rings (SSSR count). The Kier molecular flexibility index (Phi) is 9.01. The van der Waals surface area contributed by atoms with Crippen LogP contribution < -0.4 is 9.47 Å². The summed E-state index contributed by atoms with van der Waals surface area (Å²) in [5.74, 6) is -0.589. The Bertz CT molecular complexity index is 1290. The molecule has 0 spiro atoms. The zero-order valence-electron chi connectivity index (χ0n) is 21.3. The van der Waals surface area contributed by atoms with Crippen molar-refractivity contribution in [3.05, 3.63) is 94.5 Å². The fraction of sp³-hybridized carbons (Fsp3) is 0.310. The van der Waals surface area contributed by atoms with Crippen molar-refractivity contribution in [1.82, 2.24) is 9.80 Å². The Balaban J connectivity index is 1.67. The average molecular weight is 561 g/mol. The highest BCUT2D eigenvalue weighted by molar-refractivity contribution is 6.31. The molecule has 1 aliphatic heterocycles. The lowest BCUT2D eigenvalue weighted by molar-refractivity contribution is -0.274. The first-order chi connectivity index (χ1) is 18.6. The molecule has 0 unspecified atom stereocenters. The third kappa shape index (κ3) is 7.66. The predicted octanol–water partition coefficient (Wildman–Crippen LogP) is 6.24. The van der Waals surface area contributed by atoms with E-state index in [2.05, 4.69) is 4.74 Å². The Hall–Kier alpha value is -3.72. The van der Waals surface area contributed by atoms with Crippen molar-refractivity contribution in [2.45, 2.75) is 31.7 Å². The first-order valence-corrected chi connectivity index (χ1v) is 12.9. The molecule has 10 heteroatoms. The van der Waals surface area contributed by atoms with Gasteiger partial charge >= 0.3 is 6.36 Å². The van der Waals surface area contributed by atoms with Crippen molar-refractivity contribution in [3.63, 3.8) is 0 Å². The fourth-order valence-corrected chi connectivity index (χ4v) is 4.65. The minimum absolute atomic E-state index is 0.0849. The van der Waals surface area contributed by atoms with E-state index in [1.54, 1.807) is 35.0 Å². The predicted molar refractivity (Wildman–Crippen MR) is 141 cm³/mol. The van der Waals surface area contributed by atoms with Gasteiger partial charge in [0.1, 0.15) is 18.1 Å². The Labute approximate surface area is 229 Å². The fourth-order valence-electron chi connectivity index (χ4n) is 4.48. The van der Waals surface area contributed by atoms with Gasteiger partial charge in [-0.1, -0.05) is 41.9 Å². The molecule has 1 heterocycles. The summed E-state index contributed by atoms with van der Waals surface area (Å²) < 4.78 is 47.9. The molecule has 0 saturated carbocycles. The van der Waals surface area contributed by atoms with Crippen molar-refractivity contribution in [2.75, 3.05) is 26.7 Å². The summed E-state index contributed by atoms with van der Waals surface area (Å²) in [5.41, 5.74) is 1.55. The number of carbonyl (C=O) groups is 2. The van der Waals surface area contributed by atoms with Gasteiger partial charge in [-0.05, 0) is 67.3 Å². The number of ether oxygens (including phenoxy) is 2. The number of benzene rings is 3. The van der Waals surface area contributed by atoms with Crippen molar-refractivity contribution >= 4 is 23.4 Å². The maximum Gasteiger partial charge on any atom is 0.573 e. The second-order valence-electron chi connectivity index (χ2n) is 9.30. The summed E-state index contributed by atoms with van der Waals surface area (Å²) in [7, 11) is 1.70. The minimum Gasteiger partial charge on any atom is -0.491 e. The van der Waals surface area contributed by atoms with Crippen LogP contribution in [0.3, 0.4) is 0 Å². The molecule has 39 heavy (non-hydrogen) atoms. The minimum atomic E-state index is -4.82. The van der Waals surface area contributed by atoms with E-state index in [9.17, 15) is 22.8 Å². The van der Waals surface area contributed by atoms with Crippen LogP contribution >= 0.6 is 11.6 Å². The topological polar surface area (TPSA) is 59.1 Å². The number of halogens is 4. The first-order valence-electron chi connectivity index (χ1n) is 12.5. The van der Waals surface area contributed by atoms with Gasteiger partial charge in [0.15, 0.2) is 0 Å². The smallest absolute Gasteiger partial charge is 0.491 e. The van der Waals surface area contributed by atoms with Gasteiger partial charge in [0.05, 0.1) is 11.6 Å². The SMILES string of the molecule is CN1CCCCN(C(=O)c2ccc(OC(F)(F)F)cc2)[C@H](Cc2ccccc2)COc2ccc(Cl)cc2C1=O. The lowest BCUT2D eigenvalue weighted by Gasteiger charge is -2.33. The second-order valence-corrected chi connectivity index (χ2v) is 9.74. The summed E-state index contributed by atoms with van der Waals surface area (Å²) in [6.07, 6.45) is -3.11. The van der Waals surface area contributed by atoms with Crippen LogP contribution in [0.2, 0.25) is 5.02 Å². The highest BCUT2D eigenvalue weighted by Gasteiger charge is 2.32. The molecular weight excluding hydrogens is 533 g/mol. The van der Waals surface area contributed by atoms with Crippen molar-refractivity contribution in [1.29, 1.82) is 0 Å². The molecular formula is C29H28ClF3N2O4. The average Bonchev–Trinajstić information content (AvgIpc) is 2.90. The van der Waals surface area contributed by atoms with Crippen LogP contribution in [-0.2, 0) is 6.42 Å². The van der Waals surface area contributed by atoms with E-state index in [-0.39, 0.29) is 24.0 Å². The number of amides is 2. The third-order valence-electron chi connectivity index (χ3n) is 6.44. The summed E-state index contributed by atoms with van der Waals surface area (Å²) in [4.78, 5) is 30.1. The second kappa shape index (κ2) is 12.4. The van der Waals surface area contributed by atoms with Crippen molar-refractivity contribution in [2.24, 2.45) is 0 Å². The summed E-state index contributed by atoms with van der Waals surface area (Å²) in [5, 5.41) is 0.404. The van der Waals surface area contributed by atoms with Crippen LogP contribution in [0.1, 0.15) is 39.1 Å². The molecule has 0 fully saturated rings. The maximum atomic E-state index is 13.7. The lowest BCUT2D eigenvalue weighted by atomic mass is 10.0. The Morgan fingerprint density at radius 3 is 2.41 bits per heavy atom. The highest BCUT2D eigenvalue weighted by atomic mass is 35.5. The Morgan fingerprint density at radius 2 is 1.72 bits per heavy atom.